The number of halogens is 1. The minimum Gasteiger partial charge on any atom is -0.382 e. The van der Waals surface area contributed by atoms with E-state index in [4.69, 9.17) is 5.21 Å². The Morgan fingerprint density at radius 2 is 1.89 bits per heavy atom. The molecule has 2 bridgehead atoms. The number of nitrogens with zero attached hydrogens (tertiary/aromatic N) is 2. The minimum absolute atomic E-state index is 0.00777. The molecular formula is C19H26FN3O4. The van der Waals surface area contributed by atoms with Crippen molar-refractivity contribution in [1.29, 1.82) is 0 Å². The van der Waals surface area contributed by atoms with Crippen molar-refractivity contribution < 1.29 is 24.3 Å². The molecule has 8 heteroatoms. The molecule has 2 heterocycles. The predicted octanol–water partition coefficient (Wildman–Crippen LogP) is 1.14. The Bertz CT molecular complexity index is 697. The fraction of sp³-hybridized carbons (Fsp3) is 0.579. The number of carbonyl (C=O) groups is 2. The first-order valence-corrected chi connectivity index (χ1v) is 9.26. The monoisotopic (exact) mass is 379 g/mol. The zero-order valence-electron chi connectivity index (χ0n) is 15.5. The Balaban J connectivity index is 1.71. The van der Waals surface area contributed by atoms with Gasteiger partial charge in [0.15, 0.2) is 0 Å². The quantitative estimate of drug-likeness (QED) is 0.509. The van der Waals surface area contributed by atoms with Gasteiger partial charge in [0.1, 0.15) is 11.9 Å². The van der Waals surface area contributed by atoms with Gasteiger partial charge in [-0.3, -0.25) is 14.8 Å². The number of piperazine rings is 1. The van der Waals surface area contributed by atoms with Crippen LogP contribution in [0.4, 0.5) is 10.1 Å². The number of nitrogens with one attached hydrogen (secondary N) is 1. The number of hydroxylamine groups is 1. The van der Waals surface area contributed by atoms with E-state index in [1.54, 1.807) is 17.0 Å². The number of carbonyl (C=O) groups excluding carboxylic acids is 2. The zero-order valence-corrected chi connectivity index (χ0v) is 15.5. The Morgan fingerprint density at radius 1 is 1.22 bits per heavy atom. The number of aliphatic hydroxyl groups is 1. The average molecular weight is 379 g/mol. The molecule has 4 atom stereocenters. The van der Waals surface area contributed by atoms with Crippen molar-refractivity contribution >= 4 is 17.5 Å². The normalized spacial score (nSPS) is 23.6. The molecule has 0 spiro atoms. The molecule has 0 aliphatic carbocycles. The van der Waals surface area contributed by atoms with E-state index in [1.165, 1.54) is 17.6 Å². The summed E-state index contributed by atoms with van der Waals surface area (Å²) in [5.74, 6) is -2.30. The first-order valence-electron chi connectivity index (χ1n) is 9.26. The van der Waals surface area contributed by atoms with Crippen molar-refractivity contribution in [1.82, 2.24) is 10.4 Å². The number of anilines is 1. The van der Waals surface area contributed by atoms with Gasteiger partial charge >= 0.3 is 0 Å². The topological polar surface area (TPSA) is 93.1 Å². The first-order chi connectivity index (χ1) is 12.8. The van der Waals surface area contributed by atoms with Gasteiger partial charge in [-0.2, -0.15) is 0 Å². The maximum atomic E-state index is 13.1. The van der Waals surface area contributed by atoms with Crippen LogP contribution in [0.5, 0.6) is 0 Å². The lowest BCUT2D eigenvalue weighted by Crippen LogP contribution is -2.53. The van der Waals surface area contributed by atoms with Crippen LogP contribution in [-0.2, 0) is 9.59 Å². The van der Waals surface area contributed by atoms with E-state index in [2.05, 4.69) is 4.90 Å². The molecule has 0 saturated carbocycles. The van der Waals surface area contributed by atoms with E-state index in [1.807, 2.05) is 13.8 Å². The molecule has 2 saturated heterocycles. The molecule has 27 heavy (non-hydrogen) atoms. The van der Waals surface area contributed by atoms with Gasteiger partial charge in [0.05, 0.1) is 12.0 Å². The van der Waals surface area contributed by atoms with Crippen LogP contribution < -0.4 is 10.4 Å². The standard InChI is InChI=1S/C19H26FN3O4/c1-11(2)7-16(17(24)18(25)21-27)19(26)23-10-14-8-15(23)9-22(14)13-5-3-12(20)4-6-13/h3-6,11,14-17,24,27H,7-10H2,1-2H3,(H,21,25)/t14-,15-,16-,17?/m0/s1. The number of amides is 2. The van der Waals surface area contributed by atoms with E-state index >= 15 is 0 Å². The number of likely N-dealkylation sites (tertiary alicyclic amines) is 1. The minimum atomic E-state index is -1.59. The lowest BCUT2D eigenvalue weighted by atomic mass is 9.90. The lowest BCUT2D eigenvalue weighted by Gasteiger charge is -2.38. The SMILES string of the molecule is CC(C)C[C@H](C(=O)N1C[C@@H]2C[C@H]1CN2c1ccc(F)cc1)C(O)C(=O)NO. The number of hydrogen-bond donors (Lipinski definition) is 3. The third kappa shape index (κ3) is 3.91. The van der Waals surface area contributed by atoms with Gasteiger partial charge in [-0.1, -0.05) is 13.8 Å². The van der Waals surface area contributed by atoms with E-state index in [0.29, 0.717) is 19.5 Å². The van der Waals surface area contributed by atoms with Crippen LogP contribution in [0.1, 0.15) is 26.7 Å². The number of aliphatic hydroxyl groups excluding tert-OH is 1. The fourth-order valence-corrected chi connectivity index (χ4v) is 4.22. The largest absolute Gasteiger partial charge is 0.382 e. The van der Waals surface area contributed by atoms with E-state index in [0.717, 1.165) is 12.1 Å². The molecule has 3 rings (SSSR count). The van der Waals surface area contributed by atoms with Crippen molar-refractivity contribution in [2.45, 2.75) is 44.9 Å². The van der Waals surface area contributed by atoms with Gasteiger partial charge in [0, 0.05) is 24.8 Å². The van der Waals surface area contributed by atoms with Gasteiger partial charge in [0.2, 0.25) is 5.91 Å². The highest BCUT2D eigenvalue weighted by Crippen LogP contribution is 2.36. The lowest BCUT2D eigenvalue weighted by molar-refractivity contribution is -0.151. The van der Waals surface area contributed by atoms with Crippen LogP contribution in [-0.4, -0.2) is 58.3 Å². The van der Waals surface area contributed by atoms with Crippen molar-refractivity contribution in [2.75, 3.05) is 18.0 Å². The Hall–Kier alpha value is -2.19. The average Bonchev–Trinajstić information content (AvgIpc) is 3.25. The van der Waals surface area contributed by atoms with Crippen LogP contribution in [0.25, 0.3) is 0 Å². The van der Waals surface area contributed by atoms with Gasteiger partial charge in [-0.25, -0.2) is 9.87 Å². The molecule has 148 valence electrons. The van der Waals surface area contributed by atoms with Crippen LogP contribution >= 0.6 is 0 Å². The second-order valence-corrected chi connectivity index (χ2v) is 7.82. The Kier molecular flexibility index (Phi) is 5.67. The summed E-state index contributed by atoms with van der Waals surface area (Å²) in [5.41, 5.74) is 2.36. The van der Waals surface area contributed by atoms with Gasteiger partial charge in [-0.15, -0.1) is 0 Å². The number of fused-ring (bicyclic) bond motifs is 2. The molecule has 1 aromatic rings. The van der Waals surface area contributed by atoms with E-state index in [-0.39, 0.29) is 29.7 Å². The molecule has 1 unspecified atom stereocenters. The molecule has 0 radical (unpaired) electrons. The number of rotatable bonds is 6. The third-order valence-electron chi connectivity index (χ3n) is 5.48. The van der Waals surface area contributed by atoms with E-state index in [9.17, 15) is 19.1 Å². The highest BCUT2D eigenvalue weighted by Gasteiger charge is 2.48. The van der Waals surface area contributed by atoms with Crippen molar-refractivity contribution in [2.24, 2.45) is 11.8 Å². The first kappa shape index (κ1) is 19.6. The van der Waals surface area contributed by atoms with Crippen LogP contribution in [0, 0.1) is 17.7 Å². The smallest absolute Gasteiger partial charge is 0.272 e. The molecule has 2 fully saturated rings. The highest BCUT2D eigenvalue weighted by atomic mass is 19.1. The summed E-state index contributed by atoms with van der Waals surface area (Å²) in [6.07, 6.45) is -0.430. The summed E-state index contributed by atoms with van der Waals surface area (Å²) in [6.45, 7) is 4.97. The summed E-state index contributed by atoms with van der Waals surface area (Å²) in [7, 11) is 0. The molecule has 2 aliphatic heterocycles. The Labute approximate surface area is 157 Å². The van der Waals surface area contributed by atoms with Crippen molar-refractivity contribution in [3.63, 3.8) is 0 Å². The zero-order chi connectivity index (χ0) is 19.7. The maximum absolute atomic E-state index is 13.1. The summed E-state index contributed by atoms with van der Waals surface area (Å²) >= 11 is 0. The second kappa shape index (κ2) is 7.82. The second-order valence-electron chi connectivity index (χ2n) is 7.82. The molecule has 2 amide bonds. The van der Waals surface area contributed by atoms with Crippen LogP contribution in [0.2, 0.25) is 0 Å². The maximum Gasteiger partial charge on any atom is 0.272 e. The molecule has 2 aliphatic rings. The van der Waals surface area contributed by atoms with Gasteiger partial charge < -0.3 is 14.9 Å². The number of benzene rings is 1. The Morgan fingerprint density at radius 3 is 2.41 bits per heavy atom. The highest BCUT2D eigenvalue weighted by molar-refractivity contribution is 5.89. The fourth-order valence-electron chi connectivity index (χ4n) is 4.22. The summed E-state index contributed by atoms with van der Waals surface area (Å²) < 4.78 is 13.1. The predicted molar refractivity (Wildman–Crippen MR) is 96.5 cm³/mol. The summed E-state index contributed by atoms with van der Waals surface area (Å²) in [6, 6.07) is 6.44. The van der Waals surface area contributed by atoms with E-state index < -0.39 is 17.9 Å². The molecule has 0 aromatic heterocycles. The van der Waals surface area contributed by atoms with Gasteiger partial charge in [0.25, 0.3) is 5.91 Å². The van der Waals surface area contributed by atoms with Gasteiger partial charge in [-0.05, 0) is 43.0 Å². The van der Waals surface area contributed by atoms with Crippen LogP contribution in [0.15, 0.2) is 24.3 Å². The van der Waals surface area contributed by atoms with Crippen molar-refractivity contribution in [3.05, 3.63) is 30.1 Å². The molecular weight excluding hydrogens is 353 g/mol. The molecule has 7 nitrogen and oxygen atoms in total. The summed E-state index contributed by atoms with van der Waals surface area (Å²) in [4.78, 5) is 28.6. The number of hydrogen-bond acceptors (Lipinski definition) is 5. The summed E-state index contributed by atoms with van der Waals surface area (Å²) in [5, 5.41) is 19.0. The molecule has 1 aromatic carbocycles. The molecule has 3 N–H and O–H groups in total. The van der Waals surface area contributed by atoms with Crippen molar-refractivity contribution in [3.8, 4) is 0 Å². The third-order valence-corrected chi connectivity index (χ3v) is 5.48. The van der Waals surface area contributed by atoms with Crippen LogP contribution in [0.3, 0.4) is 0 Å².